The van der Waals surface area contributed by atoms with E-state index < -0.39 is 0 Å². The van der Waals surface area contributed by atoms with Gasteiger partial charge >= 0.3 is 0 Å². The zero-order valence-electron chi connectivity index (χ0n) is 15.3. The zero-order valence-corrected chi connectivity index (χ0v) is 17.6. The number of rotatable bonds is 5. The SMILES string of the molecule is CN=C(NCc1ccco1)NCc1nn(-c2ccccc2)c2c1CCC2.I. The molecule has 0 radical (unpaired) electrons. The van der Waals surface area contributed by atoms with Gasteiger partial charge in [0.2, 0.25) is 0 Å². The first-order valence-electron chi connectivity index (χ1n) is 8.97. The first-order valence-corrected chi connectivity index (χ1v) is 8.97. The lowest BCUT2D eigenvalue weighted by Crippen LogP contribution is -2.36. The predicted molar refractivity (Wildman–Crippen MR) is 117 cm³/mol. The topological polar surface area (TPSA) is 67.4 Å². The van der Waals surface area contributed by atoms with Crippen molar-refractivity contribution in [2.75, 3.05) is 7.05 Å². The Morgan fingerprint density at radius 2 is 1.93 bits per heavy atom. The lowest BCUT2D eigenvalue weighted by atomic mass is 10.2. The molecule has 0 amide bonds. The molecular formula is C20H24IN5O. The molecule has 2 heterocycles. The van der Waals surface area contributed by atoms with Gasteiger partial charge in [0, 0.05) is 12.7 Å². The van der Waals surface area contributed by atoms with Gasteiger partial charge in [0.25, 0.3) is 0 Å². The smallest absolute Gasteiger partial charge is 0.191 e. The largest absolute Gasteiger partial charge is 0.467 e. The lowest BCUT2D eigenvalue weighted by Gasteiger charge is -2.10. The fraction of sp³-hybridized carbons (Fsp3) is 0.300. The minimum Gasteiger partial charge on any atom is -0.467 e. The van der Waals surface area contributed by atoms with Crippen LogP contribution in [0, 0.1) is 0 Å². The minimum atomic E-state index is 0. The van der Waals surface area contributed by atoms with E-state index in [1.165, 1.54) is 17.7 Å². The highest BCUT2D eigenvalue weighted by atomic mass is 127. The number of benzene rings is 1. The van der Waals surface area contributed by atoms with Crippen LogP contribution >= 0.6 is 24.0 Å². The average molecular weight is 477 g/mol. The van der Waals surface area contributed by atoms with Gasteiger partial charge in [-0.25, -0.2) is 4.68 Å². The Hall–Kier alpha value is -2.29. The molecule has 27 heavy (non-hydrogen) atoms. The Morgan fingerprint density at radius 1 is 1.11 bits per heavy atom. The second-order valence-corrected chi connectivity index (χ2v) is 6.33. The third kappa shape index (κ3) is 4.35. The first-order chi connectivity index (χ1) is 12.8. The Kier molecular flexibility index (Phi) is 6.54. The Bertz CT molecular complexity index is 887. The molecule has 0 bridgehead atoms. The van der Waals surface area contributed by atoms with Crippen LogP contribution in [0.5, 0.6) is 0 Å². The Balaban J connectivity index is 0.00000210. The molecule has 142 valence electrons. The van der Waals surface area contributed by atoms with Gasteiger partial charge in [-0.1, -0.05) is 18.2 Å². The van der Waals surface area contributed by atoms with Crippen molar-refractivity contribution in [3.05, 3.63) is 71.4 Å². The molecule has 0 spiro atoms. The average Bonchev–Trinajstić information content (AvgIpc) is 3.41. The number of halogens is 1. The molecule has 1 aromatic carbocycles. The number of hydrogen-bond acceptors (Lipinski definition) is 3. The second kappa shape index (κ2) is 9.07. The second-order valence-electron chi connectivity index (χ2n) is 6.33. The first kappa shape index (κ1) is 19.5. The van der Waals surface area contributed by atoms with Gasteiger partial charge in [0.15, 0.2) is 5.96 Å². The molecule has 2 N–H and O–H groups in total. The Labute approximate surface area is 176 Å². The van der Waals surface area contributed by atoms with Crippen LogP contribution in [0.15, 0.2) is 58.1 Å². The zero-order chi connectivity index (χ0) is 17.8. The molecule has 4 rings (SSSR count). The van der Waals surface area contributed by atoms with Gasteiger partial charge in [-0.05, 0) is 49.1 Å². The summed E-state index contributed by atoms with van der Waals surface area (Å²) >= 11 is 0. The quantitative estimate of drug-likeness (QED) is 0.336. The minimum absolute atomic E-state index is 0. The fourth-order valence-electron chi connectivity index (χ4n) is 3.41. The van der Waals surface area contributed by atoms with Gasteiger partial charge in [0.1, 0.15) is 5.76 Å². The van der Waals surface area contributed by atoms with Gasteiger partial charge in [0.05, 0.1) is 30.7 Å². The van der Waals surface area contributed by atoms with E-state index in [9.17, 15) is 0 Å². The number of hydrogen-bond donors (Lipinski definition) is 2. The number of fused-ring (bicyclic) bond motifs is 1. The van der Waals surface area contributed by atoms with Gasteiger partial charge < -0.3 is 15.1 Å². The maximum absolute atomic E-state index is 5.34. The van der Waals surface area contributed by atoms with Crippen molar-refractivity contribution in [2.24, 2.45) is 4.99 Å². The number of furan rings is 1. The van der Waals surface area contributed by atoms with E-state index in [1.807, 2.05) is 18.2 Å². The van der Waals surface area contributed by atoms with E-state index in [2.05, 4.69) is 44.6 Å². The summed E-state index contributed by atoms with van der Waals surface area (Å²) < 4.78 is 7.44. The molecule has 0 aliphatic heterocycles. The fourth-order valence-corrected chi connectivity index (χ4v) is 3.41. The van der Waals surface area contributed by atoms with Crippen LogP contribution < -0.4 is 10.6 Å². The van der Waals surface area contributed by atoms with E-state index in [4.69, 9.17) is 9.52 Å². The van der Waals surface area contributed by atoms with Crippen LogP contribution in [-0.2, 0) is 25.9 Å². The van der Waals surface area contributed by atoms with Crippen LogP contribution in [0.4, 0.5) is 0 Å². The van der Waals surface area contributed by atoms with Crippen LogP contribution in [0.25, 0.3) is 5.69 Å². The number of nitrogens with one attached hydrogen (secondary N) is 2. The summed E-state index contributed by atoms with van der Waals surface area (Å²) in [4.78, 5) is 4.28. The summed E-state index contributed by atoms with van der Waals surface area (Å²) in [6.07, 6.45) is 5.05. The molecule has 2 aromatic heterocycles. The van der Waals surface area contributed by atoms with Crippen molar-refractivity contribution < 1.29 is 4.42 Å². The monoisotopic (exact) mass is 477 g/mol. The van der Waals surface area contributed by atoms with Gasteiger partial charge in [-0.15, -0.1) is 24.0 Å². The molecule has 0 fully saturated rings. The molecule has 1 aliphatic rings. The summed E-state index contributed by atoms with van der Waals surface area (Å²) in [5.74, 6) is 1.62. The van der Waals surface area contributed by atoms with Crippen LogP contribution in [0.3, 0.4) is 0 Å². The summed E-state index contributed by atoms with van der Waals surface area (Å²) in [5.41, 5.74) is 4.94. The van der Waals surface area contributed by atoms with E-state index >= 15 is 0 Å². The molecule has 0 unspecified atom stereocenters. The normalized spacial score (nSPS) is 13.1. The van der Waals surface area contributed by atoms with Crippen molar-refractivity contribution in [3.63, 3.8) is 0 Å². The predicted octanol–water partition coefficient (Wildman–Crippen LogP) is 3.44. The lowest BCUT2D eigenvalue weighted by molar-refractivity contribution is 0.501. The highest BCUT2D eigenvalue weighted by Crippen LogP contribution is 2.27. The highest BCUT2D eigenvalue weighted by molar-refractivity contribution is 14.0. The molecule has 0 atom stereocenters. The Morgan fingerprint density at radius 3 is 2.67 bits per heavy atom. The summed E-state index contributed by atoms with van der Waals surface area (Å²) in [6.45, 7) is 1.25. The molecule has 3 aromatic rings. The summed E-state index contributed by atoms with van der Waals surface area (Å²) in [7, 11) is 1.77. The van der Waals surface area contributed by atoms with Crippen molar-refractivity contribution in [2.45, 2.75) is 32.4 Å². The molecular weight excluding hydrogens is 453 g/mol. The number of aliphatic imine (C=N–C) groups is 1. The number of para-hydroxylation sites is 1. The summed E-state index contributed by atoms with van der Waals surface area (Å²) in [6, 6.07) is 14.2. The van der Waals surface area contributed by atoms with Crippen LogP contribution in [0.2, 0.25) is 0 Å². The third-order valence-corrected chi connectivity index (χ3v) is 4.67. The van der Waals surface area contributed by atoms with E-state index in [0.717, 1.165) is 35.9 Å². The van der Waals surface area contributed by atoms with Crippen molar-refractivity contribution >= 4 is 29.9 Å². The number of nitrogens with zero attached hydrogens (tertiary/aromatic N) is 3. The van der Waals surface area contributed by atoms with Gasteiger partial charge in [-0.3, -0.25) is 4.99 Å². The van der Waals surface area contributed by atoms with Gasteiger partial charge in [-0.2, -0.15) is 5.10 Å². The van der Waals surface area contributed by atoms with Crippen molar-refractivity contribution in [3.8, 4) is 5.69 Å². The standard InChI is InChI=1S/C20H23N5O.HI/c1-21-20(22-13-16-9-6-12-26-16)23-14-18-17-10-5-11-19(17)25(24-18)15-7-3-2-4-8-15;/h2-4,6-9,12H,5,10-11,13-14H2,1H3,(H2,21,22,23);1H. The van der Waals surface area contributed by atoms with E-state index in [1.54, 1.807) is 13.3 Å². The maximum atomic E-state index is 5.34. The van der Waals surface area contributed by atoms with E-state index in [-0.39, 0.29) is 24.0 Å². The van der Waals surface area contributed by atoms with Crippen molar-refractivity contribution in [1.29, 1.82) is 0 Å². The highest BCUT2D eigenvalue weighted by Gasteiger charge is 2.23. The molecule has 0 saturated heterocycles. The molecule has 7 heteroatoms. The molecule has 1 aliphatic carbocycles. The van der Waals surface area contributed by atoms with E-state index in [0.29, 0.717) is 13.1 Å². The van der Waals surface area contributed by atoms with Crippen molar-refractivity contribution in [1.82, 2.24) is 20.4 Å². The molecule has 0 saturated carbocycles. The summed E-state index contributed by atoms with van der Waals surface area (Å²) in [5, 5.41) is 11.5. The van der Waals surface area contributed by atoms with Crippen LogP contribution in [-0.4, -0.2) is 22.8 Å². The van der Waals surface area contributed by atoms with Crippen LogP contribution in [0.1, 0.15) is 29.1 Å². The molecule has 6 nitrogen and oxygen atoms in total. The number of guanidine groups is 1. The third-order valence-electron chi connectivity index (χ3n) is 4.67. The maximum Gasteiger partial charge on any atom is 0.191 e. The number of aromatic nitrogens is 2.